The molecule has 0 aliphatic rings. The second-order valence-corrected chi connectivity index (χ2v) is 4.93. The second-order valence-electron chi connectivity index (χ2n) is 4.93. The van der Waals surface area contributed by atoms with Crippen LogP contribution >= 0.6 is 0 Å². The van der Waals surface area contributed by atoms with Gasteiger partial charge in [0.1, 0.15) is 6.61 Å². The van der Waals surface area contributed by atoms with E-state index >= 15 is 0 Å². The Bertz CT molecular complexity index is 495. The lowest BCUT2D eigenvalue weighted by Gasteiger charge is -2.08. The van der Waals surface area contributed by atoms with E-state index in [1.807, 2.05) is 13.0 Å². The van der Waals surface area contributed by atoms with Crippen LogP contribution in [0.5, 0.6) is 0 Å². The molecule has 1 amide bonds. The minimum Gasteiger partial charge on any atom is -0.384 e. The topological polar surface area (TPSA) is 49.3 Å². The molecule has 2 N–H and O–H groups in total. The Kier molecular flexibility index (Phi) is 6.11. The van der Waals surface area contributed by atoms with E-state index in [4.69, 9.17) is 5.11 Å². The van der Waals surface area contributed by atoms with E-state index in [1.54, 1.807) is 12.1 Å². The van der Waals surface area contributed by atoms with Crippen LogP contribution in [0.15, 0.2) is 18.2 Å². The molecule has 19 heavy (non-hydrogen) atoms. The van der Waals surface area contributed by atoms with Gasteiger partial charge in [0, 0.05) is 17.7 Å². The molecule has 1 rings (SSSR count). The zero-order valence-corrected chi connectivity index (χ0v) is 11.8. The molecular formula is C16H21NO2. The summed E-state index contributed by atoms with van der Waals surface area (Å²) in [6, 6.07) is 5.44. The minimum absolute atomic E-state index is 0.0762. The number of aliphatic hydroxyl groups is 1. The third kappa shape index (κ3) is 5.15. The lowest BCUT2D eigenvalue weighted by Crippen LogP contribution is -2.25. The van der Waals surface area contributed by atoms with Gasteiger partial charge in [-0.05, 0) is 37.0 Å². The quantitative estimate of drug-likeness (QED) is 0.814. The minimum atomic E-state index is -0.176. The van der Waals surface area contributed by atoms with Crippen molar-refractivity contribution in [2.45, 2.75) is 27.2 Å². The standard InChI is InChI=1S/C16H21NO2/c1-12(2)8-9-17-16(19)15-7-6-13(3)14(11-15)5-4-10-18/h6-7,11-12,18H,8-10H2,1-3H3,(H,17,19). The highest BCUT2D eigenvalue weighted by Crippen LogP contribution is 2.10. The molecule has 3 heteroatoms. The average Bonchev–Trinajstić information content (AvgIpc) is 2.37. The molecule has 0 saturated heterocycles. The molecule has 1 aromatic carbocycles. The monoisotopic (exact) mass is 259 g/mol. The summed E-state index contributed by atoms with van der Waals surface area (Å²) < 4.78 is 0. The number of hydrogen-bond donors (Lipinski definition) is 2. The maximum absolute atomic E-state index is 12.0. The number of aliphatic hydroxyl groups excluding tert-OH is 1. The van der Waals surface area contributed by atoms with Crippen molar-refractivity contribution >= 4 is 5.91 Å². The lowest BCUT2D eigenvalue weighted by atomic mass is 10.0. The first-order valence-electron chi connectivity index (χ1n) is 6.53. The number of carbonyl (C=O) groups is 1. The molecule has 0 aliphatic carbocycles. The number of rotatable bonds is 4. The van der Waals surface area contributed by atoms with Gasteiger partial charge < -0.3 is 10.4 Å². The van der Waals surface area contributed by atoms with Gasteiger partial charge in [-0.1, -0.05) is 31.8 Å². The van der Waals surface area contributed by atoms with Crippen molar-refractivity contribution in [2.75, 3.05) is 13.2 Å². The Morgan fingerprint density at radius 2 is 2.16 bits per heavy atom. The van der Waals surface area contributed by atoms with Crippen LogP contribution in [0.4, 0.5) is 0 Å². The maximum atomic E-state index is 12.0. The van der Waals surface area contributed by atoms with E-state index in [0.717, 1.165) is 17.5 Å². The summed E-state index contributed by atoms with van der Waals surface area (Å²) in [4.78, 5) is 12.0. The number of carbonyl (C=O) groups excluding carboxylic acids is 1. The fourth-order valence-corrected chi connectivity index (χ4v) is 1.61. The van der Waals surface area contributed by atoms with Gasteiger partial charge in [-0.3, -0.25) is 4.79 Å². The van der Waals surface area contributed by atoms with Crippen LogP contribution in [0, 0.1) is 24.7 Å². The molecule has 0 fully saturated rings. The molecule has 0 radical (unpaired) electrons. The van der Waals surface area contributed by atoms with Crippen LogP contribution in [0.2, 0.25) is 0 Å². The van der Waals surface area contributed by atoms with E-state index in [2.05, 4.69) is 31.0 Å². The Balaban J connectivity index is 2.75. The molecular weight excluding hydrogens is 238 g/mol. The van der Waals surface area contributed by atoms with Crippen LogP contribution in [-0.2, 0) is 0 Å². The smallest absolute Gasteiger partial charge is 0.251 e. The third-order valence-electron chi connectivity index (χ3n) is 2.81. The van der Waals surface area contributed by atoms with Gasteiger partial charge in [-0.25, -0.2) is 0 Å². The summed E-state index contributed by atoms with van der Waals surface area (Å²) >= 11 is 0. The van der Waals surface area contributed by atoms with E-state index in [-0.39, 0.29) is 12.5 Å². The Hall–Kier alpha value is -1.79. The molecule has 0 heterocycles. The summed E-state index contributed by atoms with van der Waals surface area (Å²) in [5, 5.41) is 11.6. The van der Waals surface area contributed by atoms with Crippen molar-refractivity contribution in [3.63, 3.8) is 0 Å². The van der Waals surface area contributed by atoms with Crippen molar-refractivity contribution in [1.82, 2.24) is 5.32 Å². The zero-order chi connectivity index (χ0) is 14.3. The van der Waals surface area contributed by atoms with Gasteiger partial charge in [0.15, 0.2) is 0 Å². The molecule has 0 atom stereocenters. The highest BCUT2D eigenvalue weighted by Gasteiger charge is 2.07. The van der Waals surface area contributed by atoms with E-state index < -0.39 is 0 Å². The van der Waals surface area contributed by atoms with Gasteiger partial charge >= 0.3 is 0 Å². The Labute approximate surface area is 115 Å². The molecule has 0 unspecified atom stereocenters. The third-order valence-corrected chi connectivity index (χ3v) is 2.81. The summed E-state index contributed by atoms with van der Waals surface area (Å²) in [7, 11) is 0. The highest BCUT2D eigenvalue weighted by molar-refractivity contribution is 5.94. The number of nitrogens with one attached hydrogen (secondary N) is 1. The molecule has 0 saturated carbocycles. The van der Waals surface area contributed by atoms with Crippen molar-refractivity contribution < 1.29 is 9.90 Å². The lowest BCUT2D eigenvalue weighted by molar-refractivity contribution is 0.0952. The molecule has 0 bridgehead atoms. The first kappa shape index (κ1) is 15.3. The maximum Gasteiger partial charge on any atom is 0.251 e. The summed E-state index contributed by atoms with van der Waals surface area (Å²) in [6.07, 6.45) is 0.967. The summed E-state index contributed by atoms with van der Waals surface area (Å²) in [6.45, 7) is 6.69. The molecule has 102 valence electrons. The van der Waals surface area contributed by atoms with Gasteiger partial charge in [0.05, 0.1) is 0 Å². The van der Waals surface area contributed by atoms with Crippen molar-refractivity contribution in [3.8, 4) is 11.8 Å². The van der Waals surface area contributed by atoms with Crippen LogP contribution in [0.25, 0.3) is 0 Å². The molecule has 0 aromatic heterocycles. The van der Waals surface area contributed by atoms with Gasteiger partial charge in [-0.2, -0.15) is 0 Å². The highest BCUT2D eigenvalue weighted by atomic mass is 16.2. The van der Waals surface area contributed by atoms with Crippen LogP contribution in [0.3, 0.4) is 0 Å². The SMILES string of the molecule is Cc1ccc(C(=O)NCCC(C)C)cc1C#CCO. The summed E-state index contributed by atoms with van der Waals surface area (Å²) in [5.74, 6) is 5.95. The largest absolute Gasteiger partial charge is 0.384 e. The van der Waals surface area contributed by atoms with Gasteiger partial charge in [0.2, 0.25) is 0 Å². The number of aryl methyl sites for hydroxylation is 1. The number of amides is 1. The summed E-state index contributed by atoms with van der Waals surface area (Å²) in [5.41, 5.74) is 2.39. The first-order valence-corrected chi connectivity index (χ1v) is 6.53. The van der Waals surface area contributed by atoms with Crippen LogP contribution in [0.1, 0.15) is 41.8 Å². The Morgan fingerprint density at radius 3 is 2.79 bits per heavy atom. The van der Waals surface area contributed by atoms with Crippen molar-refractivity contribution in [3.05, 3.63) is 34.9 Å². The normalized spacial score (nSPS) is 9.95. The molecule has 1 aromatic rings. The van der Waals surface area contributed by atoms with Gasteiger partial charge in [0.25, 0.3) is 5.91 Å². The molecule has 3 nitrogen and oxygen atoms in total. The van der Waals surface area contributed by atoms with Crippen molar-refractivity contribution in [1.29, 1.82) is 0 Å². The molecule has 0 aliphatic heterocycles. The average molecular weight is 259 g/mol. The van der Waals surface area contributed by atoms with Crippen LogP contribution < -0.4 is 5.32 Å². The van der Waals surface area contributed by atoms with Crippen LogP contribution in [-0.4, -0.2) is 24.2 Å². The van der Waals surface area contributed by atoms with E-state index in [1.165, 1.54) is 0 Å². The van der Waals surface area contributed by atoms with Crippen molar-refractivity contribution in [2.24, 2.45) is 5.92 Å². The zero-order valence-electron chi connectivity index (χ0n) is 11.8. The van der Waals surface area contributed by atoms with E-state index in [0.29, 0.717) is 18.0 Å². The second kappa shape index (κ2) is 7.60. The first-order chi connectivity index (χ1) is 9.04. The fraction of sp³-hybridized carbons (Fsp3) is 0.438. The number of hydrogen-bond acceptors (Lipinski definition) is 2. The predicted octanol–water partition coefficient (Wildman–Crippen LogP) is 2.11. The number of benzene rings is 1. The van der Waals surface area contributed by atoms with Gasteiger partial charge in [-0.15, -0.1) is 0 Å². The Morgan fingerprint density at radius 1 is 1.42 bits per heavy atom. The fourth-order valence-electron chi connectivity index (χ4n) is 1.61. The van der Waals surface area contributed by atoms with E-state index in [9.17, 15) is 4.79 Å². The molecule has 0 spiro atoms. The predicted molar refractivity (Wildman–Crippen MR) is 76.9 cm³/mol.